The van der Waals surface area contributed by atoms with Gasteiger partial charge in [0.1, 0.15) is 11.1 Å². The third kappa shape index (κ3) is 17.0. The molecule has 9 nitrogen and oxygen atoms in total. The molecular formula is C29H48N2O7S. The normalized spacial score (nSPS) is 12.1. The second-order valence-corrected chi connectivity index (χ2v) is 11.4. The molecule has 1 unspecified atom stereocenters. The Labute approximate surface area is 234 Å². The zero-order valence-corrected chi connectivity index (χ0v) is 24.5. The van der Waals surface area contributed by atoms with Gasteiger partial charge in [-0.25, -0.2) is 0 Å². The SMILES string of the molecule is CCCCCCCCC(=O)NC(CCCCC(=O)Oc1ccccc1S(=O)(=O)O)NC(=O)CCCCCCC. The number of para-hydroxylation sites is 1. The maximum Gasteiger partial charge on any atom is 0.311 e. The zero-order chi connectivity index (χ0) is 28.9. The van der Waals surface area contributed by atoms with Crippen LogP contribution in [0.5, 0.6) is 5.75 Å². The molecule has 0 saturated carbocycles. The number of amides is 2. The van der Waals surface area contributed by atoms with E-state index in [0.29, 0.717) is 32.1 Å². The Morgan fingerprint density at radius 1 is 0.744 bits per heavy atom. The molecule has 3 N–H and O–H groups in total. The van der Waals surface area contributed by atoms with E-state index in [-0.39, 0.29) is 24.0 Å². The number of ether oxygens (including phenoxy) is 1. The highest BCUT2D eigenvalue weighted by atomic mass is 32.2. The Bertz CT molecular complexity index is 966. The number of hydrogen-bond donors (Lipinski definition) is 3. The minimum absolute atomic E-state index is 0.0175. The lowest BCUT2D eigenvalue weighted by molar-refractivity contribution is -0.135. The van der Waals surface area contributed by atoms with Crippen LogP contribution in [0.1, 0.15) is 123 Å². The number of esters is 1. The summed E-state index contributed by atoms with van der Waals surface area (Å²) in [6.45, 7) is 4.31. The Morgan fingerprint density at radius 2 is 1.23 bits per heavy atom. The fraction of sp³-hybridized carbons (Fsp3) is 0.690. The predicted molar refractivity (Wildman–Crippen MR) is 152 cm³/mol. The van der Waals surface area contributed by atoms with E-state index >= 15 is 0 Å². The van der Waals surface area contributed by atoms with Crippen molar-refractivity contribution in [2.75, 3.05) is 0 Å². The molecule has 0 spiro atoms. The molecule has 1 atom stereocenters. The smallest absolute Gasteiger partial charge is 0.311 e. The van der Waals surface area contributed by atoms with Gasteiger partial charge in [-0.1, -0.05) is 83.8 Å². The van der Waals surface area contributed by atoms with Crippen LogP contribution in [0.15, 0.2) is 29.2 Å². The summed E-state index contributed by atoms with van der Waals surface area (Å²) in [6.07, 6.45) is 13.4. The summed E-state index contributed by atoms with van der Waals surface area (Å²) < 4.78 is 37.4. The van der Waals surface area contributed by atoms with Crippen molar-refractivity contribution in [3.8, 4) is 5.75 Å². The molecule has 0 saturated heterocycles. The quantitative estimate of drug-likeness (QED) is 0.0507. The average molecular weight is 569 g/mol. The molecule has 222 valence electrons. The summed E-state index contributed by atoms with van der Waals surface area (Å²) in [7, 11) is -4.52. The number of carbonyl (C=O) groups excluding carboxylic acids is 3. The Hall–Kier alpha value is -2.46. The van der Waals surface area contributed by atoms with Crippen LogP contribution in [0.4, 0.5) is 0 Å². The standard InChI is InChI=1S/C29H48N2O7S/c1-3-5-7-9-11-13-22-28(33)31-26(30-27(32)21-12-10-8-6-4-2)20-16-17-23-29(34)38-24-18-14-15-19-25(24)39(35,36)37/h14-15,18-19,26H,3-13,16-17,20-23H2,1-2H3,(H,30,32)(H,31,33)(H,35,36,37). The van der Waals surface area contributed by atoms with Crippen LogP contribution in [-0.4, -0.2) is 36.9 Å². The van der Waals surface area contributed by atoms with Crippen molar-refractivity contribution >= 4 is 27.9 Å². The van der Waals surface area contributed by atoms with E-state index in [1.807, 2.05) is 0 Å². The van der Waals surface area contributed by atoms with Crippen LogP contribution in [0.3, 0.4) is 0 Å². The Morgan fingerprint density at radius 3 is 1.77 bits per heavy atom. The monoisotopic (exact) mass is 568 g/mol. The van der Waals surface area contributed by atoms with Gasteiger partial charge in [-0.3, -0.25) is 18.9 Å². The van der Waals surface area contributed by atoms with Gasteiger partial charge in [0.05, 0.1) is 0 Å². The maximum absolute atomic E-state index is 12.5. The van der Waals surface area contributed by atoms with Gasteiger partial charge in [-0.05, 0) is 44.2 Å². The minimum Gasteiger partial charge on any atom is -0.425 e. The van der Waals surface area contributed by atoms with Crippen LogP contribution in [0.2, 0.25) is 0 Å². The van der Waals surface area contributed by atoms with Crippen molar-refractivity contribution in [3.63, 3.8) is 0 Å². The van der Waals surface area contributed by atoms with Gasteiger partial charge in [0.25, 0.3) is 10.1 Å². The lowest BCUT2D eigenvalue weighted by atomic mass is 10.1. The first-order valence-electron chi connectivity index (χ1n) is 14.5. The molecule has 2 amide bonds. The third-order valence-corrected chi connectivity index (χ3v) is 7.30. The van der Waals surface area contributed by atoms with E-state index < -0.39 is 27.1 Å². The van der Waals surface area contributed by atoms with Crippen molar-refractivity contribution in [2.45, 2.75) is 134 Å². The molecule has 0 heterocycles. The molecule has 1 rings (SSSR count). The molecule has 0 aliphatic carbocycles. The Balaban J connectivity index is 2.53. The molecule has 39 heavy (non-hydrogen) atoms. The molecule has 0 aromatic heterocycles. The minimum atomic E-state index is -4.52. The largest absolute Gasteiger partial charge is 0.425 e. The van der Waals surface area contributed by atoms with Gasteiger partial charge in [-0.15, -0.1) is 0 Å². The van der Waals surface area contributed by atoms with E-state index in [1.54, 1.807) is 0 Å². The van der Waals surface area contributed by atoms with Gasteiger partial charge in [-0.2, -0.15) is 8.42 Å². The van der Waals surface area contributed by atoms with Crippen LogP contribution in [0, 0.1) is 0 Å². The molecule has 0 aliphatic rings. The summed E-state index contributed by atoms with van der Waals surface area (Å²) in [5.41, 5.74) is 0. The number of hydrogen-bond acceptors (Lipinski definition) is 6. The van der Waals surface area contributed by atoms with E-state index in [0.717, 1.165) is 57.4 Å². The van der Waals surface area contributed by atoms with E-state index in [9.17, 15) is 27.4 Å². The van der Waals surface area contributed by atoms with Gasteiger partial charge in [0, 0.05) is 19.3 Å². The highest BCUT2D eigenvalue weighted by Gasteiger charge is 2.19. The number of rotatable bonds is 22. The van der Waals surface area contributed by atoms with Crippen molar-refractivity contribution in [1.29, 1.82) is 0 Å². The van der Waals surface area contributed by atoms with E-state index in [4.69, 9.17) is 4.74 Å². The van der Waals surface area contributed by atoms with Crippen LogP contribution in [-0.2, 0) is 24.5 Å². The summed E-state index contributed by atoms with van der Waals surface area (Å²) >= 11 is 0. The number of nitrogens with one attached hydrogen (secondary N) is 2. The fourth-order valence-corrected chi connectivity index (χ4v) is 4.82. The van der Waals surface area contributed by atoms with Crippen molar-refractivity contribution in [2.24, 2.45) is 0 Å². The van der Waals surface area contributed by atoms with E-state index in [1.165, 1.54) is 37.5 Å². The van der Waals surface area contributed by atoms with Gasteiger partial charge in [0.15, 0.2) is 5.75 Å². The molecule has 0 radical (unpaired) electrons. The highest BCUT2D eigenvalue weighted by Crippen LogP contribution is 2.23. The second-order valence-electron chi connectivity index (χ2n) is 10.0. The fourth-order valence-electron chi connectivity index (χ4n) is 4.21. The van der Waals surface area contributed by atoms with Crippen molar-refractivity contribution in [1.82, 2.24) is 10.6 Å². The van der Waals surface area contributed by atoms with Gasteiger partial charge in [0.2, 0.25) is 11.8 Å². The number of carbonyl (C=O) groups is 3. The lowest BCUT2D eigenvalue weighted by Gasteiger charge is -2.20. The summed E-state index contributed by atoms with van der Waals surface area (Å²) in [5.74, 6) is -1.06. The predicted octanol–water partition coefficient (Wildman–Crippen LogP) is 6.07. The van der Waals surface area contributed by atoms with Gasteiger partial charge < -0.3 is 15.4 Å². The highest BCUT2D eigenvalue weighted by molar-refractivity contribution is 7.86. The van der Waals surface area contributed by atoms with E-state index in [2.05, 4.69) is 24.5 Å². The number of unbranched alkanes of at least 4 members (excludes halogenated alkanes) is 10. The van der Waals surface area contributed by atoms with Crippen LogP contribution >= 0.6 is 0 Å². The molecule has 0 aliphatic heterocycles. The van der Waals surface area contributed by atoms with Crippen molar-refractivity contribution in [3.05, 3.63) is 24.3 Å². The third-order valence-electron chi connectivity index (χ3n) is 6.41. The molecule has 0 bridgehead atoms. The van der Waals surface area contributed by atoms with Crippen LogP contribution < -0.4 is 15.4 Å². The molecule has 1 aromatic rings. The van der Waals surface area contributed by atoms with Gasteiger partial charge >= 0.3 is 5.97 Å². The average Bonchev–Trinajstić information content (AvgIpc) is 2.88. The molecular weight excluding hydrogens is 520 g/mol. The topological polar surface area (TPSA) is 139 Å². The van der Waals surface area contributed by atoms with Crippen LogP contribution in [0.25, 0.3) is 0 Å². The summed E-state index contributed by atoms with van der Waals surface area (Å²) in [6, 6.07) is 5.38. The first-order valence-corrected chi connectivity index (χ1v) is 16.0. The first-order chi connectivity index (χ1) is 18.7. The molecule has 0 fully saturated rings. The Kier molecular flexibility index (Phi) is 18.1. The summed E-state index contributed by atoms with van der Waals surface area (Å²) in [5, 5.41) is 5.86. The lowest BCUT2D eigenvalue weighted by Crippen LogP contribution is -2.47. The second kappa shape index (κ2) is 20.4. The molecule has 10 heteroatoms. The zero-order valence-electron chi connectivity index (χ0n) is 23.7. The molecule has 1 aromatic carbocycles. The first kappa shape index (κ1) is 34.6. The van der Waals surface area contributed by atoms with Crippen molar-refractivity contribution < 1.29 is 32.1 Å². The summed E-state index contributed by atoms with van der Waals surface area (Å²) in [4.78, 5) is 36.8. The maximum atomic E-state index is 12.5. The number of benzene rings is 1.